The Hall–Kier alpha value is -2.34. The monoisotopic (exact) mass is 296 g/mol. The SMILES string of the molecule is C[C@@H]1CN(c2cnn3cc(-c4cnn(C)c4)ccc23)CCN1. The third kappa shape index (κ3) is 2.25. The first-order valence-corrected chi connectivity index (χ1v) is 7.65. The van der Waals surface area contributed by atoms with Crippen molar-refractivity contribution >= 4 is 11.2 Å². The molecule has 0 bridgehead atoms. The normalized spacial score (nSPS) is 19.0. The van der Waals surface area contributed by atoms with Crippen molar-refractivity contribution in [1.29, 1.82) is 0 Å². The third-order valence-corrected chi connectivity index (χ3v) is 4.24. The summed E-state index contributed by atoms with van der Waals surface area (Å²) in [5.74, 6) is 0. The predicted molar refractivity (Wildman–Crippen MR) is 87.1 cm³/mol. The maximum atomic E-state index is 4.54. The van der Waals surface area contributed by atoms with E-state index in [-0.39, 0.29) is 0 Å². The van der Waals surface area contributed by atoms with Crippen LogP contribution in [-0.2, 0) is 7.05 Å². The molecule has 4 heterocycles. The molecule has 22 heavy (non-hydrogen) atoms. The molecule has 1 saturated heterocycles. The van der Waals surface area contributed by atoms with Crippen molar-refractivity contribution in [3.8, 4) is 11.1 Å². The first kappa shape index (κ1) is 13.3. The number of pyridine rings is 1. The van der Waals surface area contributed by atoms with Crippen molar-refractivity contribution in [3.63, 3.8) is 0 Å². The minimum Gasteiger partial charge on any atom is -0.366 e. The number of rotatable bonds is 2. The van der Waals surface area contributed by atoms with Gasteiger partial charge in [0.05, 0.1) is 23.6 Å². The zero-order chi connectivity index (χ0) is 15.1. The Morgan fingerprint density at radius 2 is 2.05 bits per heavy atom. The van der Waals surface area contributed by atoms with Gasteiger partial charge in [-0.05, 0) is 13.0 Å². The standard InChI is InChI=1S/C16H20N6/c1-12-9-21(6-5-17-12)16-8-19-22-11-13(3-4-15(16)22)14-7-18-20(2)10-14/h3-4,7-8,10-12,17H,5-6,9H2,1-2H3/t12-/m1/s1. The zero-order valence-electron chi connectivity index (χ0n) is 12.9. The minimum atomic E-state index is 0.512. The lowest BCUT2D eigenvalue weighted by molar-refractivity contribution is 0.485. The van der Waals surface area contributed by atoms with Crippen LogP contribution < -0.4 is 10.2 Å². The van der Waals surface area contributed by atoms with Crippen LogP contribution in [0.4, 0.5) is 5.69 Å². The lowest BCUT2D eigenvalue weighted by Crippen LogP contribution is -2.49. The van der Waals surface area contributed by atoms with Gasteiger partial charge in [-0.3, -0.25) is 4.68 Å². The molecule has 0 spiro atoms. The van der Waals surface area contributed by atoms with Gasteiger partial charge in [0.15, 0.2) is 0 Å². The highest BCUT2D eigenvalue weighted by Gasteiger charge is 2.19. The molecular formula is C16H20N6. The molecule has 1 fully saturated rings. The van der Waals surface area contributed by atoms with E-state index < -0.39 is 0 Å². The van der Waals surface area contributed by atoms with Crippen molar-refractivity contribution in [2.45, 2.75) is 13.0 Å². The van der Waals surface area contributed by atoms with Crippen LogP contribution in [0.15, 0.2) is 36.9 Å². The van der Waals surface area contributed by atoms with Gasteiger partial charge in [-0.15, -0.1) is 0 Å². The third-order valence-electron chi connectivity index (χ3n) is 4.24. The number of nitrogens with one attached hydrogen (secondary N) is 1. The fourth-order valence-electron chi connectivity index (χ4n) is 3.11. The number of fused-ring (bicyclic) bond motifs is 1. The van der Waals surface area contributed by atoms with E-state index in [2.05, 4.69) is 45.7 Å². The van der Waals surface area contributed by atoms with Crippen molar-refractivity contribution in [3.05, 3.63) is 36.9 Å². The molecule has 3 aromatic rings. The summed E-state index contributed by atoms with van der Waals surface area (Å²) >= 11 is 0. The molecule has 3 aromatic heterocycles. The highest BCUT2D eigenvalue weighted by molar-refractivity contribution is 5.75. The second kappa shape index (κ2) is 5.14. The molecule has 114 valence electrons. The van der Waals surface area contributed by atoms with Gasteiger partial charge in [0.2, 0.25) is 0 Å². The van der Waals surface area contributed by atoms with Crippen LogP contribution in [-0.4, -0.2) is 45.1 Å². The quantitative estimate of drug-likeness (QED) is 0.779. The lowest BCUT2D eigenvalue weighted by atomic mass is 10.1. The summed E-state index contributed by atoms with van der Waals surface area (Å²) in [7, 11) is 1.93. The maximum Gasteiger partial charge on any atom is 0.0896 e. The van der Waals surface area contributed by atoms with E-state index in [9.17, 15) is 0 Å². The summed E-state index contributed by atoms with van der Waals surface area (Å²) in [6.07, 6.45) is 7.94. The van der Waals surface area contributed by atoms with E-state index >= 15 is 0 Å². The summed E-state index contributed by atoms with van der Waals surface area (Å²) < 4.78 is 3.78. The van der Waals surface area contributed by atoms with E-state index in [0.29, 0.717) is 6.04 Å². The number of piperazine rings is 1. The maximum absolute atomic E-state index is 4.54. The molecule has 0 amide bonds. The highest BCUT2D eigenvalue weighted by atomic mass is 15.3. The Morgan fingerprint density at radius 3 is 2.82 bits per heavy atom. The molecular weight excluding hydrogens is 276 g/mol. The van der Waals surface area contributed by atoms with Crippen LogP contribution in [0.1, 0.15) is 6.92 Å². The molecule has 0 aromatic carbocycles. The Bertz CT molecular complexity index is 802. The average Bonchev–Trinajstić information content (AvgIpc) is 3.12. The fourth-order valence-corrected chi connectivity index (χ4v) is 3.11. The van der Waals surface area contributed by atoms with Crippen molar-refractivity contribution in [1.82, 2.24) is 24.7 Å². The predicted octanol–water partition coefficient (Wildman–Crippen LogP) is 1.53. The van der Waals surface area contributed by atoms with E-state index in [1.165, 1.54) is 5.69 Å². The summed E-state index contributed by atoms with van der Waals surface area (Å²) in [5.41, 5.74) is 4.61. The van der Waals surface area contributed by atoms with E-state index in [0.717, 1.165) is 36.3 Å². The number of aryl methyl sites for hydroxylation is 1. The number of hydrogen-bond acceptors (Lipinski definition) is 4. The minimum absolute atomic E-state index is 0.512. The number of hydrogen-bond donors (Lipinski definition) is 1. The molecule has 1 aliphatic rings. The van der Waals surface area contributed by atoms with Gasteiger partial charge in [-0.2, -0.15) is 10.2 Å². The van der Waals surface area contributed by atoms with Crippen LogP contribution in [0, 0.1) is 0 Å². The van der Waals surface area contributed by atoms with E-state index in [4.69, 9.17) is 0 Å². The molecule has 0 saturated carbocycles. The zero-order valence-corrected chi connectivity index (χ0v) is 12.9. The number of anilines is 1. The molecule has 1 aliphatic heterocycles. The second-order valence-electron chi connectivity index (χ2n) is 5.98. The Kier molecular flexibility index (Phi) is 3.11. The summed E-state index contributed by atoms with van der Waals surface area (Å²) in [6, 6.07) is 4.80. The topological polar surface area (TPSA) is 50.4 Å². The lowest BCUT2D eigenvalue weighted by Gasteiger charge is -2.32. The first-order valence-electron chi connectivity index (χ1n) is 7.65. The molecule has 1 N–H and O–H groups in total. The fraction of sp³-hybridized carbons (Fsp3) is 0.375. The molecule has 0 unspecified atom stereocenters. The van der Waals surface area contributed by atoms with Crippen LogP contribution in [0.5, 0.6) is 0 Å². The summed E-state index contributed by atoms with van der Waals surface area (Å²) in [5, 5.41) is 12.2. The molecule has 0 radical (unpaired) electrons. The molecule has 1 atom stereocenters. The van der Waals surface area contributed by atoms with Crippen molar-refractivity contribution in [2.75, 3.05) is 24.5 Å². The van der Waals surface area contributed by atoms with Gasteiger partial charge >= 0.3 is 0 Å². The van der Waals surface area contributed by atoms with Crippen molar-refractivity contribution in [2.24, 2.45) is 7.05 Å². The van der Waals surface area contributed by atoms with Crippen LogP contribution in [0.2, 0.25) is 0 Å². The van der Waals surface area contributed by atoms with Gasteiger partial charge < -0.3 is 10.2 Å². The Labute approximate surface area is 129 Å². The second-order valence-corrected chi connectivity index (χ2v) is 5.98. The van der Waals surface area contributed by atoms with Crippen LogP contribution in [0.25, 0.3) is 16.6 Å². The largest absolute Gasteiger partial charge is 0.366 e. The highest BCUT2D eigenvalue weighted by Crippen LogP contribution is 2.26. The molecule has 6 nitrogen and oxygen atoms in total. The van der Waals surface area contributed by atoms with Gasteiger partial charge in [-0.25, -0.2) is 4.52 Å². The Balaban J connectivity index is 1.71. The number of nitrogens with zero attached hydrogens (tertiary/aromatic N) is 5. The number of aromatic nitrogens is 4. The van der Waals surface area contributed by atoms with Crippen molar-refractivity contribution < 1.29 is 0 Å². The van der Waals surface area contributed by atoms with Gasteiger partial charge in [0.1, 0.15) is 0 Å². The summed E-state index contributed by atoms with van der Waals surface area (Å²) in [4.78, 5) is 2.41. The van der Waals surface area contributed by atoms with Gasteiger partial charge in [-0.1, -0.05) is 6.07 Å². The smallest absolute Gasteiger partial charge is 0.0896 e. The molecule has 0 aliphatic carbocycles. The van der Waals surface area contributed by atoms with E-state index in [1.807, 2.05) is 34.8 Å². The Morgan fingerprint density at radius 1 is 1.14 bits per heavy atom. The first-order chi connectivity index (χ1) is 10.7. The average molecular weight is 296 g/mol. The molecule has 4 rings (SSSR count). The van der Waals surface area contributed by atoms with Crippen LogP contribution >= 0.6 is 0 Å². The van der Waals surface area contributed by atoms with Crippen LogP contribution in [0.3, 0.4) is 0 Å². The summed E-state index contributed by atoms with van der Waals surface area (Å²) in [6.45, 7) is 5.28. The van der Waals surface area contributed by atoms with E-state index in [1.54, 1.807) is 0 Å². The van der Waals surface area contributed by atoms with Gasteiger partial charge in [0.25, 0.3) is 0 Å². The molecule has 6 heteroatoms. The van der Waals surface area contributed by atoms with Gasteiger partial charge in [0, 0.05) is 56.2 Å².